The number of fused-ring (bicyclic) bond motifs is 1. The van der Waals surface area contributed by atoms with Gasteiger partial charge in [0.25, 0.3) is 0 Å². The third kappa shape index (κ3) is 2.68. The highest BCUT2D eigenvalue weighted by atomic mass is 79.9. The number of hydrogen-bond donors (Lipinski definition) is 1. The van der Waals surface area contributed by atoms with Crippen molar-refractivity contribution in [3.05, 3.63) is 64.6 Å². The molecule has 0 aliphatic carbocycles. The summed E-state index contributed by atoms with van der Waals surface area (Å²) in [4.78, 5) is 0. The summed E-state index contributed by atoms with van der Waals surface area (Å²) in [5.41, 5.74) is 4.66. The second kappa shape index (κ2) is 6.20. The zero-order chi connectivity index (χ0) is 15.6. The number of nitrogens with one attached hydrogen (secondary N) is 1. The maximum atomic E-state index is 4.96. The predicted molar refractivity (Wildman–Crippen MR) is 98.1 cm³/mol. The van der Waals surface area contributed by atoms with Gasteiger partial charge in [0, 0.05) is 22.1 Å². The molecular formula is C19H18BrN3. The van der Waals surface area contributed by atoms with Gasteiger partial charge in [-0.15, -0.1) is 0 Å². The first-order valence-corrected chi connectivity index (χ1v) is 8.80. The molecule has 1 N–H and O–H groups in total. The topological polar surface area (TPSA) is 29.9 Å². The first kappa shape index (κ1) is 14.5. The minimum absolute atomic E-state index is 0.997. The molecule has 3 aromatic rings. The van der Waals surface area contributed by atoms with Crippen molar-refractivity contribution in [2.45, 2.75) is 19.3 Å². The van der Waals surface area contributed by atoms with Crippen molar-refractivity contribution in [2.75, 3.05) is 11.9 Å². The van der Waals surface area contributed by atoms with Crippen LogP contribution in [0.4, 0.5) is 5.82 Å². The van der Waals surface area contributed by atoms with Gasteiger partial charge in [0.05, 0.1) is 11.4 Å². The van der Waals surface area contributed by atoms with Crippen LogP contribution in [0.25, 0.3) is 16.9 Å². The molecule has 0 atom stereocenters. The molecule has 3 nitrogen and oxygen atoms in total. The van der Waals surface area contributed by atoms with Crippen molar-refractivity contribution >= 4 is 21.7 Å². The summed E-state index contributed by atoms with van der Waals surface area (Å²) >= 11 is 3.66. The van der Waals surface area contributed by atoms with Gasteiger partial charge in [0.15, 0.2) is 0 Å². The number of para-hydroxylation sites is 1. The molecule has 0 amide bonds. The van der Waals surface area contributed by atoms with Crippen LogP contribution in [0, 0.1) is 0 Å². The van der Waals surface area contributed by atoms with Gasteiger partial charge < -0.3 is 5.32 Å². The van der Waals surface area contributed by atoms with E-state index in [4.69, 9.17) is 5.10 Å². The monoisotopic (exact) mass is 367 g/mol. The van der Waals surface area contributed by atoms with Gasteiger partial charge in [-0.05, 0) is 47.3 Å². The smallest absolute Gasteiger partial charge is 0.133 e. The van der Waals surface area contributed by atoms with Crippen LogP contribution in [0.5, 0.6) is 0 Å². The van der Waals surface area contributed by atoms with Gasteiger partial charge in [0.2, 0.25) is 0 Å². The van der Waals surface area contributed by atoms with E-state index < -0.39 is 0 Å². The largest absolute Gasteiger partial charge is 0.370 e. The lowest BCUT2D eigenvalue weighted by molar-refractivity contribution is 0.780. The SMILES string of the molecule is Brc1ccccc1-n1nc(-c2ccccc2)c2c1NCCCC2. The average Bonchev–Trinajstić information content (AvgIpc) is 2.78. The highest BCUT2D eigenvalue weighted by molar-refractivity contribution is 9.10. The number of anilines is 1. The van der Waals surface area contributed by atoms with Crippen LogP contribution >= 0.6 is 15.9 Å². The Hall–Kier alpha value is -2.07. The molecule has 0 radical (unpaired) electrons. The molecule has 1 aliphatic heterocycles. The summed E-state index contributed by atoms with van der Waals surface area (Å²) in [5.74, 6) is 1.13. The minimum atomic E-state index is 0.997. The van der Waals surface area contributed by atoms with Crippen LogP contribution < -0.4 is 5.32 Å². The number of aromatic nitrogens is 2. The molecule has 0 saturated heterocycles. The molecule has 0 spiro atoms. The van der Waals surface area contributed by atoms with Gasteiger partial charge in [-0.1, -0.05) is 42.5 Å². The number of rotatable bonds is 2. The highest BCUT2D eigenvalue weighted by Crippen LogP contribution is 2.35. The third-order valence-electron chi connectivity index (χ3n) is 4.26. The molecule has 0 fully saturated rings. The zero-order valence-corrected chi connectivity index (χ0v) is 14.4. The normalized spacial score (nSPS) is 14.0. The van der Waals surface area contributed by atoms with E-state index in [2.05, 4.69) is 57.6 Å². The van der Waals surface area contributed by atoms with Crippen molar-refractivity contribution in [2.24, 2.45) is 0 Å². The number of hydrogen-bond acceptors (Lipinski definition) is 2. The fourth-order valence-electron chi connectivity index (χ4n) is 3.13. The molecule has 2 aromatic carbocycles. The molecule has 4 rings (SSSR count). The second-order valence-electron chi connectivity index (χ2n) is 5.79. The summed E-state index contributed by atoms with van der Waals surface area (Å²) in [6.07, 6.45) is 3.46. The molecule has 116 valence electrons. The maximum absolute atomic E-state index is 4.96. The van der Waals surface area contributed by atoms with E-state index in [9.17, 15) is 0 Å². The Morgan fingerprint density at radius 1 is 0.957 bits per heavy atom. The third-order valence-corrected chi connectivity index (χ3v) is 4.93. The lowest BCUT2D eigenvalue weighted by Gasteiger charge is -2.10. The Morgan fingerprint density at radius 3 is 2.57 bits per heavy atom. The van der Waals surface area contributed by atoms with Crippen molar-refractivity contribution in [3.63, 3.8) is 0 Å². The minimum Gasteiger partial charge on any atom is -0.370 e. The Bertz CT molecular complexity index is 824. The van der Waals surface area contributed by atoms with E-state index in [-0.39, 0.29) is 0 Å². The molecule has 2 heterocycles. The number of nitrogens with zero attached hydrogens (tertiary/aromatic N) is 2. The van der Waals surface area contributed by atoms with E-state index in [0.29, 0.717) is 0 Å². The average molecular weight is 368 g/mol. The molecule has 1 aromatic heterocycles. The standard InChI is InChI=1S/C19H18BrN3/c20-16-11-4-5-12-17(16)23-19-15(10-6-7-13-21-19)18(22-23)14-8-2-1-3-9-14/h1-5,8-9,11-12,21H,6-7,10,13H2. The van der Waals surface area contributed by atoms with E-state index in [1.54, 1.807) is 0 Å². The van der Waals surface area contributed by atoms with Crippen LogP contribution in [-0.2, 0) is 6.42 Å². The Labute approximate surface area is 144 Å². The molecule has 1 aliphatic rings. The fourth-order valence-corrected chi connectivity index (χ4v) is 3.58. The lowest BCUT2D eigenvalue weighted by atomic mass is 10.0. The van der Waals surface area contributed by atoms with Crippen LogP contribution in [0.1, 0.15) is 18.4 Å². The summed E-state index contributed by atoms with van der Waals surface area (Å²) < 4.78 is 3.10. The number of halogens is 1. The van der Waals surface area contributed by atoms with Gasteiger partial charge in [-0.25, -0.2) is 4.68 Å². The van der Waals surface area contributed by atoms with Crippen LogP contribution in [-0.4, -0.2) is 16.3 Å². The van der Waals surface area contributed by atoms with E-state index in [1.807, 2.05) is 22.9 Å². The molecule has 4 heteroatoms. The Balaban J connectivity index is 1.94. The highest BCUT2D eigenvalue weighted by Gasteiger charge is 2.22. The van der Waals surface area contributed by atoms with Crippen molar-refractivity contribution in [3.8, 4) is 16.9 Å². The van der Waals surface area contributed by atoms with Gasteiger partial charge in [-0.2, -0.15) is 5.10 Å². The maximum Gasteiger partial charge on any atom is 0.133 e. The summed E-state index contributed by atoms with van der Waals surface area (Å²) in [6, 6.07) is 18.7. The predicted octanol–water partition coefficient (Wildman–Crippen LogP) is 5.05. The van der Waals surface area contributed by atoms with Crippen molar-refractivity contribution < 1.29 is 0 Å². The van der Waals surface area contributed by atoms with Crippen LogP contribution in [0.2, 0.25) is 0 Å². The summed E-state index contributed by atoms with van der Waals surface area (Å²) in [5, 5.41) is 8.55. The van der Waals surface area contributed by atoms with E-state index in [1.165, 1.54) is 24.0 Å². The molecule has 23 heavy (non-hydrogen) atoms. The van der Waals surface area contributed by atoms with Crippen molar-refractivity contribution in [1.29, 1.82) is 0 Å². The Morgan fingerprint density at radius 2 is 1.74 bits per heavy atom. The molecular weight excluding hydrogens is 350 g/mol. The summed E-state index contributed by atoms with van der Waals surface area (Å²) in [7, 11) is 0. The van der Waals surface area contributed by atoms with Crippen molar-refractivity contribution in [1.82, 2.24) is 9.78 Å². The second-order valence-corrected chi connectivity index (χ2v) is 6.64. The van der Waals surface area contributed by atoms with Gasteiger partial charge in [0.1, 0.15) is 5.82 Å². The number of benzene rings is 2. The van der Waals surface area contributed by atoms with Gasteiger partial charge in [-0.3, -0.25) is 0 Å². The first-order valence-electron chi connectivity index (χ1n) is 8.00. The Kier molecular flexibility index (Phi) is 3.92. The molecule has 0 unspecified atom stereocenters. The summed E-state index contributed by atoms with van der Waals surface area (Å²) in [6.45, 7) is 0.997. The van der Waals surface area contributed by atoms with Gasteiger partial charge >= 0.3 is 0 Å². The fraction of sp³-hybridized carbons (Fsp3) is 0.211. The van der Waals surface area contributed by atoms with Crippen LogP contribution in [0.15, 0.2) is 59.1 Å². The van der Waals surface area contributed by atoms with E-state index in [0.717, 1.165) is 34.6 Å². The lowest BCUT2D eigenvalue weighted by Crippen LogP contribution is -2.07. The van der Waals surface area contributed by atoms with E-state index >= 15 is 0 Å². The zero-order valence-electron chi connectivity index (χ0n) is 12.8. The molecule has 0 bridgehead atoms. The first-order chi connectivity index (χ1) is 11.3. The molecule has 0 saturated carbocycles. The quantitative estimate of drug-likeness (QED) is 0.686. The van der Waals surface area contributed by atoms with Crippen LogP contribution in [0.3, 0.4) is 0 Å².